The van der Waals surface area contributed by atoms with Gasteiger partial charge in [0.2, 0.25) is 0 Å². The van der Waals surface area contributed by atoms with Crippen LogP contribution in [0.4, 0.5) is 0 Å². The van der Waals surface area contributed by atoms with Crippen molar-refractivity contribution in [2.24, 2.45) is 0 Å². The van der Waals surface area contributed by atoms with Crippen molar-refractivity contribution in [3.63, 3.8) is 0 Å². The third-order valence-corrected chi connectivity index (χ3v) is 3.41. The minimum absolute atomic E-state index is 0.132. The Morgan fingerprint density at radius 1 is 0.448 bits per heavy atom. The lowest BCUT2D eigenvalue weighted by Gasteiger charge is -2.08. The predicted molar refractivity (Wildman–Crippen MR) is 108 cm³/mol. The number of ether oxygens (including phenoxy) is 8. The summed E-state index contributed by atoms with van der Waals surface area (Å²) in [4.78, 5) is 10.7. The molecule has 0 saturated carbocycles. The van der Waals surface area contributed by atoms with E-state index in [9.17, 15) is 4.79 Å². The SMILES string of the molecule is CCOCCOCCOCCOCCOCCOCCOCCOCCC(C)=O. The van der Waals surface area contributed by atoms with E-state index in [0.717, 1.165) is 0 Å². The van der Waals surface area contributed by atoms with Gasteiger partial charge in [-0.15, -0.1) is 0 Å². The summed E-state index contributed by atoms with van der Waals surface area (Å²) in [7, 11) is 0. The molecule has 0 unspecified atom stereocenters. The van der Waals surface area contributed by atoms with E-state index in [1.165, 1.54) is 0 Å². The average Bonchev–Trinajstić information content (AvgIpc) is 2.71. The molecule has 0 spiro atoms. The fraction of sp³-hybridized carbons (Fsp3) is 0.950. The van der Waals surface area contributed by atoms with Crippen LogP contribution >= 0.6 is 0 Å². The molecule has 9 nitrogen and oxygen atoms in total. The molecule has 9 heteroatoms. The van der Waals surface area contributed by atoms with Crippen LogP contribution in [0, 0.1) is 0 Å². The summed E-state index contributed by atoms with van der Waals surface area (Å²) < 4.78 is 42.7. The van der Waals surface area contributed by atoms with Crippen LogP contribution in [0.2, 0.25) is 0 Å². The molecule has 0 atom stereocenters. The van der Waals surface area contributed by atoms with E-state index < -0.39 is 0 Å². The first kappa shape index (κ1) is 28.4. The molecular formula is C20H40O9. The fourth-order valence-electron chi connectivity index (χ4n) is 1.90. The third kappa shape index (κ3) is 27.4. The molecule has 0 aromatic rings. The van der Waals surface area contributed by atoms with Gasteiger partial charge < -0.3 is 37.9 Å². The highest BCUT2D eigenvalue weighted by atomic mass is 16.6. The molecule has 0 radical (unpaired) electrons. The lowest BCUT2D eigenvalue weighted by molar-refractivity contribution is -0.118. The zero-order valence-electron chi connectivity index (χ0n) is 18.2. The van der Waals surface area contributed by atoms with E-state index in [0.29, 0.717) is 112 Å². The van der Waals surface area contributed by atoms with Crippen molar-refractivity contribution in [3.05, 3.63) is 0 Å². The number of Topliss-reactive ketones (excluding diaryl/α,β-unsaturated/α-hetero) is 1. The molecular weight excluding hydrogens is 384 g/mol. The molecule has 0 amide bonds. The van der Waals surface area contributed by atoms with Gasteiger partial charge in [-0.25, -0.2) is 0 Å². The molecule has 0 bridgehead atoms. The van der Waals surface area contributed by atoms with Crippen molar-refractivity contribution >= 4 is 5.78 Å². The molecule has 0 N–H and O–H groups in total. The van der Waals surface area contributed by atoms with Gasteiger partial charge in [0.1, 0.15) is 5.78 Å². The minimum atomic E-state index is 0.132. The quantitative estimate of drug-likeness (QED) is 0.200. The number of hydrogen-bond donors (Lipinski definition) is 0. The molecule has 0 heterocycles. The van der Waals surface area contributed by atoms with Crippen LogP contribution in [0.3, 0.4) is 0 Å². The molecule has 0 saturated heterocycles. The number of carbonyl (C=O) groups is 1. The second-order valence-electron chi connectivity index (χ2n) is 5.94. The smallest absolute Gasteiger partial charge is 0.132 e. The topological polar surface area (TPSA) is 90.9 Å². The lowest BCUT2D eigenvalue weighted by atomic mass is 10.3. The highest BCUT2D eigenvalue weighted by Gasteiger charge is 1.96. The molecule has 0 aliphatic heterocycles. The molecule has 0 aromatic heterocycles. The molecule has 0 aliphatic rings. The van der Waals surface area contributed by atoms with Crippen LogP contribution in [0.1, 0.15) is 20.3 Å². The fourth-order valence-corrected chi connectivity index (χ4v) is 1.90. The van der Waals surface area contributed by atoms with Crippen molar-refractivity contribution in [2.75, 3.05) is 106 Å². The highest BCUT2D eigenvalue weighted by Crippen LogP contribution is 1.87. The Morgan fingerprint density at radius 3 is 0.931 bits per heavy atom. The van der Waals surface area contributed by atoms with Crippen LogP contribution in [0.25, 0.3) is 0 Å². The minimum Gasteiger partial charge on any atom is -0.379 e. The maximum atomic E-state index is 10.7. The molecule has 0 aliphatic carbocycles. The lowest BCUT2D eigenvalue weighted by Crippen LogP contribution is -2.15. The van der Waals surface area contributed by atoms with Crippen molar-refractivity contribution in [3.8, 4) is 0 Å². The van der Waals surface area contributed by atoms with E-state index >= 15 is 0 Å². The van der Waals surface area contributed by atoms with E-state index in [2.05, 4.69) is 0 Å². The maximum absolute atomic E-state index is 10.7. The second kappa shape index (κ2) is 25.4. The summed E-state index contributed by atoms with van der Waals surface area (Å²) in [6, 6.07) is 0. The molecule has 0 aromatic carbocycles. The summed E-state index contributed by atoms with van der Waals surface area (Å²) in [5, 5.41) is 0. The summed E-state index contributed by atoms with van der Waals surface area (Å²) >= 11 is 0. The summed E-state index contributed by atoms with van der Waals surface area (Å²) in [6.45, 7) is 12.2. The van der Waals surface area contributed by atoms with Crippen LogP contribution in [0.5, 0.6) is 0 Å². The Morgan fingerprint density at radius 2 is 0.690 bits per heavy atom. The van der Waals surface area contributed by atoms with Crippen LogP contribution < -0.4 is 0 Å². The monoisotopic (exact) mass is 424 g/mol. The van der Waals surface area contributed by atoms with Crippen LogP contribution in [-0.2, 0) is 42.7 Å². The number of carbonyl (C=O) groups excluding carboxylic acids is 1. The van der Waals surface area contributed by atoms with Crippen molar-refractivity contribution in [1.82, 2.24) is 0 Å². The molecule has 174 valence electrons. The summed E-state index contributed by atoms with van der Waals surface area (Å²) in [5.74, 6) is 0.132. The maximum Gasteiger partial charge on any atom is 0.132 e. The van der Waals surface area contributed by atoms with Gasteiger partial charge in [0.15, 0.2) is 0 Å². The van der Waals surface area contributed by atoms with Crippen LogP contribution in [0.15, 0.2) is 0 Å². The van der Waals surface area contributed by atoms with Gasteiger partial charge in [-0.2, -0.15) is 0 Å². The first-order chi connectivity index (χ1) is 14.3. The Labute approximate surface area is 175 Å². The van der Waals surface area contributed by atoms with Gasteiger partial charge in [-0.05, 0) is 13.8 Å². The van der Waals surface area contributed by atoms with Gasteiger partial charge >= 0.3 is 0 Å². The van der Waals surface area contributed by atoms with Gasteiger partial charge in [0.25, 0.3) is 0 Å². The predicted octanol–water partition coefficient (Wildman–Crippen LogP) is 1.12. The number of hydrogen-bond acceptors (Lipinski definition) is 9. The van der Waals surface area contributed by atoms with Gasteiger partial charge in [0.05, 0.1) is 99.1 Å². The van der Waals surface area contributed by atoms with E-state index in [4.69, 9.17) is 37.9 Å². The van der Waals surface area contributed by atoms with Gasteiger partial charge in [-0.3, -0.25) is 4.79 Å². The third-order valence-electron chi connectivity index (χ3n) is 3.41. The zero-order chi connectivity index (χ0) is 21.3. The Hall–Kier alpha value is -0.650. The molecule has 0 rings (SSSR count). The highest BCUT2D eigenvalue weighted by molar-refractivity contribution is 5.75. The van der Waals surface area contributed by atoms with Gasteiger partial charge in [-0.1, -0.05) is 0 Å². The average molecular weight is 425 g/mol. The van der Waals surface area contributed by atoms with E-state index in [1.807, 2.05) is 6.92 Å². The Bertz CT molecular complexity index is 329. The van der Waals surface area contributed by atoms with Gasteiger partial charge in [0, 0.05) is 13.0 Å². The van der Waals surface area contributed by atoms with E-state index in [-0.39, 0.29) is 5.78 Å². The summed E-state index contributed by atoms with van der Waals surface area (Å²) in [6.07, 6.45) is 0.451. The van der Waals surface area contributed by atoms with Crippen molar-refractivity contribution in [2.45, 2.75) is 20.3 Å². The largest absolute Gasteiger partial charge is 0.379 e. The van der Waals surface area contributed by atoms with Crippen molar-refractivity contribution in [1.29, 1.82) is 0 Å². The number of rotatable bonds is 25. The van der Waals surface area contributed by atoms with Crippen LogP contribution in [-0.4, -0.2) is 111 Å². The van der Waals surface area contributed by atoms with Crippen molar-refractivity contribution < 1.29 is 42.7 Å². The second-order valence-corrected chi connectivity index (χ2v) is 5.94. The number of ketones is 1. The Kier molecular flexibility index (Phi) is 24.8. The molecule has 0 fully saturated rings. The zero-order valence-corrected chi connectivity index (χ0v) is 18.2. The molecule has 29 heavy (non-hydrogen) atoms. The normalized spacial score (nSPS) is 11.2. The van der Waals surface area contributed by atoms with E-state index in [1.54, 1.807) is 6.92 Å². The standard InChI is InChI=1S/C20H40O9/c1-3-22-6-7-24-10-11-26-14-15-28-18-19-29-17-16-27-13-12-25-9-8-23-5-4-20(2)21/h3-19H2,1-2H3. The summed E-state index contributed by atoms with van der Waals surface area (Å²) in [5.41, 5.74) is 0. The first-order valence-electron chi connectivity index (χ1n) is 10.4. The first-order valence-corrected chi connectivity index (χ1v) is 10.4. The Balaban J connectivity index is 2.99.